The lowest BCUT2D eigenvalue weighted by Crippen LogP contribution is -1.96. The summed E-state index contributed by atoms with van der Waals surface area (Å²) in [6.45, 7) is 1.89. The summed E-state index contributed by atoms with van der Waals surface area (Å²) in [4.78, 5) is 11.9. The number of rotatable bonds is 7. The van der Waals surface area contributed by atoms with Gasteiger partial charge in [-0.1, -0.05) is 40.4 Å². The third-order valence-corrected chi connectivity index (χ3v) is 4.96. The van der Waals surface area contributed by atoms with E-state index in [4.69, 9.17) is 32.4 Å². The molecule has 0 fully saturated rings. The van der Waals surface area contributed by atoms with Crippen LogP contribution < -0.4 is 5.32 Å². The van der Waals surface area contributed by atoms with Crippen molar-refractivity contribution in [2.24, 2.45) is 4.99 Å². The molecule has 0 saturated heterocycles. The highest BCUT2D eigenvalue weighted by atomic mass is 35.5. The average molecular weight is 469 g/mol. The summed E-state index contributed by atoms with van der Waals surface area (Å²) >= 11 is 12.6. The largest absolute Gasteiger partial charge is 0.486 e. The molecule has 4 rings (SSSR count). The van der Waals surface area contributed by atoms with Crippen LogP contribution in [-0.2, 0) is 4.74 Å². The first-order valence-electron chi connectivity index (χ1n) is 9.51. The van der Waals surface area contributed by atoms with Gasteiger partial charge >= 0.3 is 6.01 Å². The van der Waals surface area contributed by atoms with Gasteiger partial charge in [-0.25, -0.2) is 9.98 Å². The number of ether oxygens (including phenoxy) is 1. The van der Waals surface area contributed by atoms with Crippen LogP contribution in [0.25, 0.3) is 33.9 Å². The number of H-pyrrole nitrogens is 1. The van der Waals surface area contributed by atoms with Crippen LogP contribution in [0, 0.1) is 0 Å². The predicted octanol–water partition coefficient (Wildman–Crippen LogP) is 6.09. The molecule has 8 nitrogen and oxygen atoms in total. The maximum absolute atomic E-state index is 6.32. The van der Waals surface area contributed by atoms with Gasteiger partial charge in [0.1, 0.15) is 5.82 Å². The Bertz CT molecular complexity index is 1320. The second kappa shape index (κ2) is 9.67. The van der Waals surface area contributed by atoms with Crippen molar-refractivity contribution in [3.63, 3.8) is 0 Å². The number of aromatic amines is 1. The third-order valence-electron chi connectivity index (χ3n) is 4.33. The van der Waals surface area contributed by atoms with Crippen LogP contribution in [-0.4, -0.2) is 33.7 Å². The van der Waals surface area contributed by atoms with E-state index in [9.17, 15) is 0 Å². The Hall–Kier alpha value is -3.62. The van der Waals surface area contributed by atoms with E-state index < -0.39 is 0 Å². The minimum absolute atomic E-state index is 0.227. The van der Waals surface area contributed by atoms with Gasteiger partial charge in [-0.15, -0.1) is 5.10 Å². The summed E-state index contributed by atoms with van der Waals surface area (Å²) in [6, 6.07) is 11.1. The number of fused-ring (bicyclic) bond motifs is 1. The van der Waals surface area contributed by atoms with Gasteiger partial charge in [0.2, 0.25) is 5.89 Å². The number of anilines is 1. The normalized spacial score (nSPS) is 12.3. The molecule has 10 heteroatoms. The number of hydrogen-bond acceptors (Lipinski definition) is 7. The van der Waals surface area contributed by atoms with E-state index in [-0.39, 0.29) is 6.01 Å². The van der Waals surface area contributed by atoms with E-state index in [1.807, 2.05) is 37.3 Å². The number of aromatic nitrogens is 4. The maximum atomic E-state index is 6.32. The Morgan fingerprint density at radius 3 is 2.75 bits per heavy atom. The number of imidazole rings is 1. The second-order valence-electron chi connectivity index (χ2n) is 6.53. The summed E-state index contributed by atoms with van der Waals surface area (Å²) in [5.41, 5.74) is 3.57. The average Bonchev–Trinajstić information content (AvgIpc) is 3.40. The summed E-state index contributed by atoms with van der Waals surface area (Å²) in [5, 5.41) is 12.2. The molecule has 0 aliphatic heterocycles. The van der Waals surface area contributed by atoms with Crippen LogP contribution in [0.1, 0.15) is 6.92 Å². The fraction of sp³-hybridized carbons (Fsp3) is 0.0909. The van der Waals surface area contributed by atoms with E-state index in [1.54, 1.807) is 24.4 Å². The smallest absolute Gasteiger partial charge is 0.320 e. The Morgan fingerprint density at radius 1 is 1.19 bits per heavy atom. The molecule has 2 aromatic carbocycles. The van der Waals surface area contributed by atoms with E-state index in [2.05, 4.69) is 30.5 Å². The number of allylic oxidation sites excluding steroid dienone is 2. The number of hydrogen-bond donors (Lipinski definition) is 2. The molecule has 0 spiro atoms. The van der Waals surface area contributed by atoms with E-state index in [0.29, 0.717) is 33.0 Å². The summed E-state index contributed by atoms with van der Waals surface area (Å²) in [5.74, 6) is 0.930. The zero-order chi connectivity index (χ0) is 22.5. The van der Waals surface area contributed by atoms with Crippen molar-refractivity contribution in [3.8, 4) is 22.8 Å². The summed E-state index contributed by atoms with van der Waals surface area (Å²) in [6.07, 6.45) is 6.56. The number of halogens is 2. The molecule has 0 radical (unpaired) electrons. The monoisotopic (exact) mass is 468 g/mol. The van der Waals surface area contributed by atoms with Crippen LogP contribution in [0.5, 0.6) is 0 Å². The first-order valence-corrected chi connectivity index (χ1v) is 10.3. The first kappa shape index (κ1) is 21.6. The summed E-state index contributed by atoms with van der Waals surface area (Å²) in [7, 11) is 1.52. The van der Waals surface area contributed by atoms with E-state index >= 15 is 0 Å². The van der Waals surface area contributed by atoms with Crippen LogP contribution >= 0.6 is 23.2 Å². The third kappa shape index (κ3) is 4.66. The van der Waals surface area contributed by atoms with Gasteiger partial charge in [-0.2, -0.15) is 0 Å². The number of methoxy groups -OCH3 is 1. The van der Waals surface area contributed by atoms with Gasteiger partial charge in [0.25, 0.3) is 0 Å². The lowest BCUT2D eigenvalue weighted by Gasteiger charge is -2.02. The number of aliphatic imine (C=N–C) groups is 1. The van der Waals surface area contributed by atoms with Gasteiger partial charge in [0, 0.05) is 5.56 Å². The standard InChI is InChI=1S/C22H18Cl2N6O2/c1-3-5-14(11-25-12-31-2)26-22-30-29-21(32-22)13-8-9-17-18(10-13)28-20(27-17)19-15(23)6-4-7-16(19)24/h3-12H,1-2H3,(H,26,30)(H,27,28)/b5-3-,14-11+,25-12+. The molecule has 0 unspecified atom stereocenters. The molecule has 0 amide bonds. The van der Waals surface area contributed by atoms with E-state index in [0.717, 1.165) is 16.6 Å². The highest BCUT2D eigenvalue weighted by Gasteiger charge is 2.15. The minimum atomic E-state index is 0.227. The zero-order valence-corrected chi connectivity index (χ0v) is 18.6. The quantitative estimate of drug-likeness (QED) is 0.193. The highest BCUT2D eigenvalue weighted by molar-refractivity contribution is 6.39. The van der Waals surface area contributed by atoms with Gasteiger partial charge < -0.3 is 19.5 Å². The van der Waals surface area contributed by atoms with Gasteiger partial charge in [-0.05, 0) is 43.3 Å². The van der Waals surface area contributed by atoms with Crippen LogP contribution in [0.3, 0.4) is 0 Å². The SMILES string of the molecule is C\C=C/C(=C\N=C\OC)Nc1nnc(-c2ccc3nc(-c4c(Cl)cccc4Cl)[nH]c3c2)o1. The molecule has 2 aromatic heterocycles. The molecule has 162 valence electrons. The minimum Gasteiger partial charge on any atom is -0.486 e. The fourth-order valence-corrected chi connectivity index (χ4v) is 3.54. The van der Waals surface area contributed by atoms with Crippen molar-refractivity contribution in [1.82, 2.24) is 20.2 Å². The van der Waals surface area contributed by atoms with Crippen molar-refractivity contribution in [3.05, 3.63) is 70.5 Å². The number of nitrogens with one attached hydrogen (secondary N) is 2. The molecule has 2 heterocycles. The first-order chi connectivity index (χ1) is 15.6. The molecule has 0 aliphatic rings. The molecule has 32 heavy (non-hydrogen) atoms. The fourth-order valence-electron chi connectivity index (χ4n) is 2.97. The second-order valence-corrected chi connectivity index (χ2v) is 7.34. The maximum Gasteiger partial charge on any atom is 0.320 e. The Morgan fingerprint density at radius 2 is 2.00 bits per heavy atom. The van der Waals surface area contributed by atoms with Crippen molar-refractivity contribution in [2.75, 3.05) is 12.4 Å². The lowest BCUT2D eigenvalue weighted by atomic mass is 10.2. The Balaban J connectivity index is 1.62. The molecule has 0 bridgehead atoms. The molecule has 2 N–H and O–H groups in total. The Kier molecular flexibility index (Phi) is 6.53. The Labute approximate surface area is 193 Å². The predicted molar refractivity (Wildman–Crippen MR) is 127 cm³/mol. The molecule has 0 atom stereocenters. The lowest BCUT2D eigenvalue weighted by molar-refractivity contribution is 0.423. The van der Waals surface area contributed by atoms with Crippen LogP contribution in [0.4, 0.5) is 6.01 Å². The number of nitrogens with zero attached hydrogens (tertiary/aromatic N) is 4. The van der Waals surface area contributed by atoms with Crippen molar-refractivity contribution in [2.45, 2.75) is 6.92 Å². The zero-order valence-electron chi connectivity index (χ0n) is 17.1. The van der Waals surface area contributed by atoms with Crippen LogP contribution in [0.2, 0.25) is 10.0 Å². The van der Waals surface area contributed by atoms with Gasteiger partial charge in [0.05, 0.1) is 45.6 Å². The van der Waals surface area contributed by atoms with Gasteiger partial charge in [-0.3, -0.25) is 0 Å². The van der Waals surface area contributed by atoms with E-state index in [1.165, 1.54) is 13.5 Å². The number of benzene rings is 2. The topological polar surface area (TPSA) is 101 Å². The molecule has 0 saturated carbocycles. The van der Waals surface area contributed by atoms with Crippen molar-refractivity contribution < 1.29 is 9.15 Å². The molecular formula is C22H18Cl2N6O2. The molecular weight excluding hydrogens is 451 g/mol. The molecule has 0 aliphatic carbocycles. The van der Waals surface area contributed by atoms with Crippen molar-refractivity contribution in [1.29, 1.82) is 0 Å². The van der Waals surface area contributed by atoms with Gasteiger partial charge in [0.15, 0.2) is 6.40 Å². The van der Waals surface area contributed by atoms with Crippen molar-refractivity contribution >= 4 is 46.7 Å². The summed E-state index contributed by atoms with van der Waals surface area (Å²) < 4.78 is 10.6. The molecule has 4 aromatic rings. The highest BCUT2D eigenvalue weighted by Crippen LogP contribution is 2.34. The van der Waals surface area contributed by atoms with Crippen LogP contribution in [0.15, 0.2) is 69.9 Å².